The second-order valence-corrected chi connectivity index (χ2v) is 16.7. The van der Waals surface area contributed by atoms with Gasteiger partial charge in [0.05, 0.1) is 22.2 Å². The third-order valence-electron chi connectivity index (χ3n) is 14.3. The maximum absolute atomic E-state index is 3.96. The Morgan fingerprint density at radius 2 is 0.847 bits per heavy atom. The molecule has 2 heteroatoms. The molecule has 2 aliphatic heterocycles. The number of benzene rings is 9. The molecule has 2 spiro atoms. The number of hydrogen-bond acceptors (Lipinski definition) is 2. The largest absolute Gasteiger partial charge is 0.359 e. The van der Waals surface area contributed by atoms with Crippen LogP contribution in [0, 0.1) is 0 Å². The minimum atomic E-state index is -0.509. The fourth-order valence-corrected chi connectivity index (χ4v) is 12.2. The molecular weight excluding hydrogens is 713 g/mol. The highest BCUT2D eigenvalue weighted by Crippen LogP contribution is 2.68. The molecule has 59 heavy (non-hydrogen) atoms. The Balaban J connectivity index is 1.04. The minimum absolute atomic E-state index is 0.0120. The van der Waals surface area contributed by atoms with Crippen LogP contribution in [0.1, 0.15) is 56.2 Å². The van der Waals surface area contributed by atoms with Gasteiger partial charge in [-0.1, -0.05) is 188 Å². The smallest absolute Gasteiger partial charge is 0.130 e. The van der Waals surface area contributed by atoms with Crippen LogP contribution in [0.5, 0.6) is 0 Å². The first-order chi connectivity index (χ1) is 29.3. The lowest BCUT2D eigenvalue weighted by atomic mass is 9.64. The van der Waals surface area contributed by atoms with Gasteiger partial charge in [0.15, 0.2) is 0 Å². The second kappa shape index (κ2) is 11.2. The van der Waals surface area contributed by atoms with Gasteiger partial charge in [-0.15, -0.1) is 0 Å². The van der Waals surface area contributed by atoms with Gasteiger partial charge in [0.1, 0.15) is 6.17 Å². The van der Waals surface area contributed by atoms with Crippen LogP contribution < -0.4 is 10.2 Å². The highest BCUT2D eigenvalue weighted by atomic mass is 15.3. The zero-order chi connectivity index (χ0) is 38.5. The van der Waals surface area contributed by atoms with E-state index in [0.29, 0.717) is 0 Å². The molecule has 2 unspecified atom stereocenters. The van der Waals surface area contributed by atoms with E-state index in [-0.39, 0.29) is 6.17 Å². The van der Waals surface area contributed by atoms with Crippen molar-refractivity contribution in [2.24, 2.45) is 0 Å². The molecule has 0 bridgehead atoms. The summed E-state index contributed by atoms with van der Waals surface area (Å²) in [6.45, 7) is 0. The number of para-hydroxylation sites is 2. The third kappa shape index (κ3) is 3.66. The third-order valence-corrected chi connectivity index (χ3v) is 14.3. The lowest BCUT2D eigenvalue weighted by molar-refractivity contribution is 0.720. The van der Waals surface area contributed by atoms with Gasteiger partial charge in [-0.2, -0.15) is 0 Å². The van der Waals surface area contributed by atoms with Gasteiger partial charge in [-0.3, -0.25) is 0 Å². The van der Waals surface area contributed by atoms with Crippen molar-refractivity contribution in [1.29, 1.82) is 0 Å². The Kier molecular flexibility index (Phi) is 5.98. The summed E-state index contributed by atoms with van der Waals surface area (Å²) in [5.74, 6) is 0. The molecule has 9 aromatic carbocycles. The summed E-state index contributed by atoms with van der Waals surface area (Å²) >= 11 is 0. The zero-order valence-electron chi connectivity index (χ0n) is 32.2. The van der Waals surface area contributed by atoms with Crippen molar-refractivity contribution in [3.63, 3.8) is 0 Å². The Hall–Kier alpha value is -7.42. The van der Waals surface area contributed by atoms with E-state index in [4.69, 9.17) is 0 Å². The second-order valence-electron chi connectivity index (χ2n) is 16.7. The molecule has 5 aliphatic rings. The van der Waals surface area contributed by atoms with Crippen molar-refractivity contribution >= 4 is 17.1 Å². The maximum Gasteiger partial charge on any atom is 0.130 e. The Morgan fingerprint density at radius 3 is 1.54 bits per heavy atom. The van der Waals surface area contributed by atoms with Crippen LogP contribution in [0.3, 0.4) is 0 Å². The van der Waals surface area contributed by atoms with E-state index in [0.717, 1.165) is 0 Å². The first kappa shape index (κ1) is 31.6. The van der Waals surface area contributed by atoms with E-state index in [1.807, 2.05) is 0 Å². The fourth-order valence-electron chi connectivity index (χ4n) is 12.2. The Morgan fingerprint density at radius 1 is 0.356 bits per heavy atom. The van der Waals surface area contributed by atoms with Crippen LogP contribution in [0.15, 0.2) is 206 Å². The quantitative estimate of drug-likeness (QED) is 0.189. The van der Waals surface area contributed by atoms with Crippen molar-refractivity contribution in [1.82, 2.24) is 0 Å². The first-order valence-corrected chi connectivity index (χ1v) is 20.8. The highest BCUT2D eigenvalue weighted by molar-refractivity contribution is 6.03. The fraction of sp³-hybridized carbons (Fsp3) is 0.0526. The van der Waals surface area contributed by atoms with Gasteiger partial charge in [0.25, 0.3) is 0 Å². The van der Waals surface area contributed by atoms with Crippen molar-refractivity contribution in [3.05, 3.63) is 256 Å². The summed E-state index contributed by atoms with van der Waals surface area (Å²) in [5, 5.41) is 3.96. The maximum atomic E-state index is 3.96. The number of fused-ring (bicyclic) bond motifs is 19. The van der Waals surface area contributed by atoms with Gasteiger partial charge in [-0.25, -0.2) is 0 Å². The summed E-state index contributed by atoms with van der Waals surface area (Å²) in [7, 11) is 0. The summed E-state index contributed by atoms with van der Waals surface area (Å²) in [6.07, 6.45) is -0.0120. The molecule has 0 radical (unpaired) electrons. The number of hydrogen-bond donors (Lipinski definition) is 1. The molecule has 274 valence electrons. The molecule has 9 aromatic rings. The van der Waals surface area contributed by atoms with Crippen molar-refractivity contribution < 1.29 is 0 Å². The van der Waals surface area contributed by atoms with E-state index >= 15 is 0 Å². The standard InChI is InChI=1S/C57H36N2/c1-2-16-35(17-3-1)55-58-51-30-15-29-49-54(51)59(55)52-31-13-12-27-47(52)57(49)46-26-11-7-21-42(46)53-37(22-14-28-48(53)57)36-32-33-41-40-20-6-10-25-45(40)56(50(41)34-36)43-23-8-4-18-38(43)39-19-5-9-24-44(39)56/h1-34,55,58H. The molecule has 0 saturated carbocycles. The zero-order valence-corrected chi connectivity index (χ0v) is 32.2. The molecular formula is C57H36N2. The Bertz CT molecular complexity index is 3220. The number of nitrogens with zero attached hydrogens (tertiary/aromatic N) is 1. The predicted octanol–water partition coefficient (Wildman–Crippen LogP) is 13.6. The minimum Gasteiger partial charge on any atom is -0.359 e. The van der Waals surface area contributed by atoms with Gasteiger partial charge in [0, 0.05) is 5.69 Å². The molecule has 1 N–H and O–H groups in total. The van der Waals surface area contributed by atoms with Crippen LogP contribution in [0.4, 0.5) is 17.1 Å². The molecule has 3 aliphatic carbocycles. The summed E-state index contributed by atoms with van der Waals surface area (Å²) < 4.78 is 0. The monoisotopic (exact) mass is 748 g/mol. The highest BCUT2D eigenvalue weighted by Gasteiger charge is 2.55. The number of nitrogens with one attached hydrogen (secondary N) is 1. The Labute approximate surface area is 343 Å². The average molecular weight is 749 g/mol. The van der Waals surface area contributed by atoms with Gasteiger partial charge >= 0.3 is 0 Å². The molecule has 2 atom stereocenters. The molecule has 0 saturated heterocycles. The molecule has 0 fully saturated rings. The lowest BCUT2D eigenvalue weighted by Gasteiger charge is -2.44. The first-order valence-electron chi connectivity index (χ1n) is 20.8. The molecule has 2 heterocycles. The van der Waals surface area contributed by atoms with E-state index in [1.54, 1.807) is 0 Å². The predicted molar refractivity (Wildman–Crippen MR) is 240 cm³/mol. The number of rotatable bonds is 2. The lowest BCUT2D eigenvalue weighted by Crippen LogP contribution is -2.37. The van der Waals surface area contributed by atoms with Crippen molar-refractivity contribution in [2.45, 2.75) is 17.0 Å². The van der Waals surface area contributed by atoms with E-state index < -0.39 is 10.8 Å². The SMILES string of the molecule is c1ccc(C2Nc3cccc4c3N2c2ccccc2C42c3ccccc3-c3c(-c4ccc5c(c4)C4(c6ccccc6-c6ccccc64)c4ccccc4-5)cccc32)cc1. The molecule has 0 amide bonds. The van der Waals surface area contributed by atoms with Crippen molar-refractivity contribution in [3.8, 4) is 44.5 Å². The summed E-state index contributed by atoms with van der Waals surface area (Å²) in [5.41, 5.74) is 25.3. The van der Waals surface area contributed by atoms with Crippen molar-refractivity contribution in [2.75, 3.05) is 10.2 Å². The normalized spacial score (nSPS) is 18.3. The van der Waals surface area contributed by atoms with Crippen LogP contribution in [0.2, 0.25) is 0 Å². The van der Waals surface area contributed by atoms with Crippen LogP contribution in [-0.2, 0) is 10.8 Å². The summed E-state index contributed by atoms with van der Waals surface area (Å²) in [6, 6.07) is 77.9. The van der Waals surface area contributed by atoms with Crippen LogP contribution in [0.25, 0.3) is 44.5 Å². The molecule has 0 aromatic heterocycles. The summed E-state index contributed by atoms with van der Waals surface area (Å²) in [4.78, 5) is 2.56. The topological polar surface area (TPSA) is 15.3 Å². The molecule has 2 nitrogen and oxygen atoms in total. The van der Waals surface area contributed by atoms with Crippen LogP contribution >= 0.6 is 0 Å². The van der Waals surface area contributed by atoms with E-state index in [9.17, 15) is 0 Å². The van der Waals surface area contributed by atoms with Gasteiger partial charge in [-0.05, 0) is 113 Å². The van der Waals surface area contributed by atoms with E-state index in [1.165, 1.54) is 112 Å². The number of anilines is 3. The molecule has 14 rings (SSSR count). The van der Waals surface area contributed by atoms with Crippen LogP contribution in [-0.4, -0.2) is 0 Å². The van der Waals surface area contributed by atoms with E-state index in [2.05, 4.69) is 216 Å². The van der Waals surface area contributed by atoms with Gasteiger partial charge in [0.2, 0.25) is 0 Å². The van der Waals surface area contributed by atoms with Gasteiger partial charge < -0.3 is 10.2 Å². The average Bonchev–Trinajstić information content (AvgIpc) is 4.02.